The lowest BCUT2D eigenvalue weighted by Gasteiger charge is -2.03. The number of carboxylic acid groups (broad SMARTS) is 1. The fourth-order valence-corrected chi connectivity index (χ4v) is 3.08. The Labute approximate surface area is 91.2 Å². The molecule has 15 heavy (non-hydrogen) atoms. The number of fused-ring (bicyclic) bond motifs is 1. The van der Waals surface area contributed by atoms with Crippen molar-refractivity contribution >= 4 is 17.3 Å². The van der Waals surface area contributed by atoms with Gasteiger partial charge in [-0.3, -0.25) is 9.59 Å². The van der Waals surface area contributed by atoms with E-state index in [1.807, 2.05) is 0 Å². The predicted molar refractivity (Wildman–Crippen MR) is 57.5 cm³/mol. The van der Waals surface area contributed by atoms with Crippen molar-refractivity contribution in [1.29, 1.82) is 0 Å². The lowest BCUT2D eigenvalue weighted by Crippen LogP contribution is -2.16. The lowest BCUT2D eigenvalue weighted by molar-refractivity contribution is -0.137. The van der Waals surface area contributed by atoms with E-state index in [1.54, 1.807) is 4.57 Å². The van der Waals surface area contributed by atoms with E-state index in [1.165, 1.54) is 16.2 Å². The van der Waals surface area contributed by atoms with Crippen LogP contribution in [-0.2, 0) is 24.2 Å². The Bertz CT molecular complexity index is 432. The van der Waals surface area contributed by atoms with Crippen LogP contribution in [0.15, 0.2) is 4.79 Å². The first-order chi connectivity index (χ1) is 7.18. The summed E-state index contributed by atoms with van der Waals surface area (Å²) < 4.78 is 1.76. The number of hydrogen-bond donors (Lipinski definition) is 1. The maximum Gasteiger partial charge on any atom is 0.307 e. The number of nitrogens with zero attached hydrogens (tertiary/aromatic N) is 1. The van der Waals surface area contributed by atoms with Crippen LogP contribution < -0.4 is 4.87 Å². The summed E-state index contributed by atoms with van der Waals surface area (Å²) in [6.45, 7) is 0.553. The van der Waals surface area contributed by atoms with Crippen LogP contribution in [0.4, 0.5) is 0 Å². The molecule has 0 radical (unpaired) electrons. The molecule has 0 bridgehead atoms. The van der Waals surface area contributed by atoms with Gasteiger partial charge in [-0.05, 0) is 25.7 Å². The van der Waals surface area contributed by atoms with Gasteiger partial charge in [0, 0.05) is 23.5 Å². The van der Waals surface area contributed by atoms with Gasteiger partial charge in [-0.15, -0.1) is 0 Å². The van der Waals surface area contributed by atoms with Crippen LogP contribution in [0.5, 0.6) is 0 Å². The van der Waals surface area contributed by atoms with Gasteiger partial charge in [0.2, 0.25) is 0 Å². The molecule has 1 heterocycles. The van der Waals surface area contributed by atoms with E-state index in [4.69, 9.17) is 5.11 Å². The minimum absolute atomic E-state index is 0.0742. The molecule has 0 unspecified atom stereocenters. The molecule has 1 aromatic rings. The van der Waals surface area contributed by atoms with E-state index < -0.39 is 5.97 Å². The highest BCUT2D eigenvalue weighted by atomic mass is 32.1. The van der Waals surface area contributed by atoms with E-state index >= 15 is 0 Å². The van der Waals surface area contributed by atoms with Crippen molar-refractivity contribution in [3.63, 3.8) is 0 Å². The smallest absolute Gasteiger partial charge is 0.307 e. The third-order valence-electron chi connectivity index (χ3n) is 2.67. The summed E-state index contributed by atoms with van der Waals surface area (Å²) in [6, 6.07) is 0. The average Bonchev–Trinajstić information content (AvgIpc) is 2.68. The normalized spacial score (nSPS) is 14.1. The third-order valence-corrected chi connectivity index (χ3v) is 3.75. The van der Waals surface area contributed by atoms with Gasteiger partial charge in [0.1, 0.15) is 0 Å². The predicted octanol–water partition coefficient (Wildman–Crippen LogP) is 1.26. The topological polar surface area (TPSA) is 59.3 Å². The van der Waals surface area contributed by atoms with Crippen LogP contribution in [0.3, 0.4) is 0 Å². The van der Waals surface area contributed by atoms with Crippen molar-refractivity contribution in [2.45, 2.75) is 38.6 Å². The van der Waals surface area contributed by atoms with Crippen molar-refractivity contribution in [1.82, 2.24) is 4.57 Å². The number of rotatable bonds is 4. The Kier molecular flexibility index (Phi) is 2.90. The average molecular weight is 227 g/mol. The first-order valence-electron chi connectivity index (χ1n) is 5.11. The van der Waals surface area contributed by atoms with E-state index in [0.29, 0.717) is 13.0 Å². The molecule has 4 nitrogen and oxygen atoms in total. The maximum absolute atomic E-state index is 11.6. The molecule has 0 aromatic carbocycles. The number of thiazole rings is 1. The molecule has 1 aliphatic carbocycles. The molecule has 0 amide bonds. The van der Waals surface area contributed by atoms with Gasteiger partial charge in [0.05, 0.1) is 0 Å². The van der Waals surface area contributed by atoms with E-state index in [9.17, 15) is 9.59 Å². The first-order valence-corrected chi connectivity index (χ1v) is 5.93. The Hall–Kier alpha value is -1.10. The van der Waals surface area contributed by atoms with Crippen LogP contribution >= 0.6 is 11.3 Å². The van der Waals surface area contributed by atoms with Crippen molar-refractivity contribution in [3.05, 3.63) is 20.2 Å². The monoisotopic (exact) mass is 227 g/mol. The zero-order valence-electron chi connectivity index (χ0n) is 8.36. The van der Waals surface area contributed by atoms with Gasteiger partial charge in [-0.25, -0.2) is 0 Å². The number of carboxylic acids is 1. The van der Waals surface area contributed by atoms with Gasteiger partial charge in [-0.1, -0.05) is 11.3 Å². The van der Waals surface area contributed by atoms with Gasteiger partial charge in [0.25, 0.3) is 0 Å². The lowest BCUT2D eigenvalue weighted by atomic mass is 10.3. The van der Waals surface area contributed by atoms with Crippen LogP contribution in [0.2, 0.25) is 0 Å². The summed E-state index contributed by atoms with van der Waals surface area (Å²) in [5.74, 6) is -0.796. The molecule has 0 saturated carbocycles. The Morgan fingerprint density at radius 1 is 1.47 bits per heavy atom. The summed E-state index contributed by atoms with van der Waals surface area (Å²) in [5.41, 5.74) is 1.15. The molecule has 1 aliphatic rings. The highest BCUT2D eigenvalue weighted by Crippen LogP contribution is 2.24. The summed E-state index contributed by atoms with van der Waals surface area (Å²) in [7, 11) is 0. The van der Waals surface area contributed by atoms with Crippen molar-refractivity contribution < 1.29 is 9.90 Å². The zero-order valence-corrected chi connectivity index (χ0v) is 9.18. The molecule has 0 aliphatic heterocycles. The molecule has 1 aromatic heterocycles. The summed E-state index contributed by atoms with van der Waals surface area (Å²) >= 11 is 1.32. The second-order valence-electron chi connectivity index (χ2n) is 3.74. The molecule has 0 atom stereocenters. The maximum atomic E-state index is 11.6. The fraction of sp³-hybridized carbons (Fsp3) is 0.600. The molecule has 1 N–H and O–H groups in total. The SMILES string of the molecule is O=C(O)CCCn1c2c(sc1=O)CCC2. The molecular weight excluding hydrogens is 214 g/mol. The molecule has 0 spiro atoms. The highest BCUT2D eigenvalue weighted by Gasteiger charge is 2.19. The minimum atomic E-state index is -0.796. The van der Waals surface area contributed by atoms with Crippen LogP contribution in [-0.4, -0.2) is 15.6 Å². The fourth-order valence-electron chi connectivity index (χ4n) is 1.98. The Morgan fingerprint density at radius 3 is 3.00 bits per heavy atom. The second kappa shape index (κ2) is 4.18. The van der Waals surface area contributed by atoms with Gasteiger partial charge < -0.3 is 9.67 Å². The Balaban J connectivity index is 2.08. The van der Waals surface area contributed by atoms with Crippen molar-refractivity contribution in [2.75, 3.05) is 0 Å². The summed E-state index contributed by atoms with van der Waals surface area (Å²) in [6.07, 6.45) is 3.79. The molecule has 0 fully saturated rings. The highest BCUT2D eigenvalue weighted by molar-refractivity contribution is 7.09. The van der Waals surface area contributed by atoms with Gasteiger partial charge >= 0.3 is 10.8 Å². The van der Waals surface area contributed by atoms with E-state index in [-0.39, 0.29) is 11.3 Å². The number of aromatic nitrogens is 1. The zero-order chi connectivity index (χ0) is 10.8. The van der Waals surface area contributed by atoms with Gasteiger partial charge in [0.15, 0.2) is 0 Å². The van der Waals surface area contributed by atoms with E-state index in [0.717, 1.165) is 25.0 Å². The number of carbonyl (C=O) groups is 1. The minimum Gasteiger partial charge on any atom is -0.481 e. The molecular formula is C10H13NO3S. The summed E-state index contributed by atoms with van der Waals surface area (Å²) in [4.78, 5) is 23.2. The molecule has 82 valence electrons. The van der Waals surface area contributed by atoms with Gasteiger partial charge in [-0.2, -0.15) is 0 Å². The standard InChI is InChI=1S/C10H13NO3S/c12-9(13)5-2-6-11-7-3-1-4-8(7)15-10(11)14/h1-6H2,(H,12,13). The summed E-state index contributed by atoms with van der Waals surface area (Å²) in [5, 5.41) is 8.52. The second-order valence-corrected chi connectivity index (χ2v) is 4.79. The van der Waals surface area contributed by atoms with Crippen LogP contribution in [0.1, 0.15) is 29.8 Å². The molecule has 2 rings (SSSR count). The van der Waals surface area contributed by atoms with E-state index in [2.05, 4.69) is 0 Å². The molecule has 5 heteroatoms. The number of aliphatic carboxylic acids is 1. The molecule has 0 saturated heterocycles. The van der Waals surface area contributed by atoms with Crippen molar-refractivity contribution in [3.8, 4) is 0 Å². The number of hydrogen-bond acceptors (Lipinski definition) is 3. The number of aryl methyl sites for hydroxylation is 1. The third kappa shape index (κ3) is 2.12. The van der Waals surface area contributed by atoms with Crippen LogP contribution in [0.25, 0.3) is 0 Å². The van der Waals surface area contributed by atoms with Crippen molar-refractivity contribution in [2.24, 2.45) is 0 Å². The largest absolute Gasteiger partial charge is 0.481 e. The Morgan fingerprint density at radius 2 is 2.27 bits per heavy atom. The van der Waals surface area contributed by atoms with Crippen LogP contribution in [0, 0.1) is 0 Å². The first kappa shape index (κ1) is 10.4. The quantitative estimate of drug-likeness (QED) is 0.842.